The number of hydrogen-bond acceptors (Lipinski definition) is 7. The summed E-state index contributed by atoms with van der Waals surface area (Å²) in [4.78, 5) is 30.5. The Morgan fingerprint density at radius 1 is 0.974 bits per heavy atom. The van der Waals surface area contributed by atoms with Crippen LogP contribution in [-0.2, 0) is 9.59 Å². The summed E-state index contributed by atoms with van der Waals surface area (Å²) in [5, 5.41) is 5.13. The number of methoxy groups -OCH3 is 2. The molecule has 3 aromatic rings. The number of para-hydroxylation sites is 2. The SMILES string of the molecule is COc1cc(OC)cc(N(C(=O)C2COc3ccccc3O2)C(C(=O)NC2CCCCC2)c2cccs2)c1. The van der Waals surface area contributed by atoms with Crippen LogP contribution in [0.3, 0.4) is 0 Å². The molecule has 0 bridgehead atoms. The highest BCUT2D eigenvalue weighted by Gasteiger charge is 2.40. The molecule has 1 N–H and O–H groups in total. The number of nitrogens with one attached hydrogen (secondary N) is 1. The molecular weight excluding hydrogens is 504 g/mol. The number of thiophene rings is 1. The molecule has 0 saturated heterocycles. The van der Waals surface area contributed by atoms with Crippen LogP contribution in [0.25, 0.3) is 0 Å². The van der Waals surface area contributed by atoms with Gasteiger partial charge in [0.15, 0.2) is 11.5 Å². The highest BCUT2D eigenvalue weighted by atomic mass is 32.1. The normalized spacial score (nSPS) is 17.8. The average molecular weight is 537 g/mol. The second-order valence-corrected chi connectivity index (χ2v) is 10.4. The van der Waals surface area contributed by atoms with Crippen LogP contribution in [-0.4, -0.2) is 44.8 Å². The molecule has 1 aliphatic carbocycles. The molecule has 2 atom stereocenters. The Hall–Kier alpha value is -3.72. The summed E-state index contributed by atoms with van der Waals surface area (Å²) < 4.78 is 23.0. The maximum absolute atomic E-state index is 14.3. The third-order valence-corrected chi connectivity index (χ3v) is 7.83. The van der Waals surface area contributed by atoms with Gasteiger partial charge >= 0.3 is 0 Å². The summed E-state index contributed by atoms with van der Waals surface area (Å²) >= 11 is 1.43. The standard InChI is InChI=1S/C29H32N2O6S/c1-34-21-15-20(16-22(17-21)35-2)31(29(33)25-18-36-23-11-6-7-12-24(23)37-25)27(26-13-8-14-38-26)28(32)30-19-9-4-3-5-10-19/h6-8,11-17,19,25,27H,3-5,9-10,18H2,1-2H3,(H,30,32). The van der Waals surface area contributed by atoms with Crippen molar-refractivity contribution in [2.24, 2.45) is 0 Å². The Morgan fingerprint density at radius 3 is 2.34 bits per heavy atom. The first-order valence-electron chi connectivity index (χ1n) is 12.9. The van der Waals surface area contributed by atoms with Crippen molar-refractivity contribution in [1.29, 1.82) is 0 Å². The summed E-state index contributed by atoms with van der Waals surface area (Å²) in [6.45, 7) is 0.0227. The van der Waals surface area contributed by atoms with Crippen LogP contribution in [0, 0.1) is 0 Å². The number of ether oxygens (including phenoxy) is 4. The fraction of sp³-hybridized carbons (Fsp3) is 0.379. The van der Waals surface area contributed by atoms with Crippen molar-refractivity contribution in [2.45, 2.75) is 50.3 Å². The van der Waals surface area contributed by atoms with Gasteiger partial charge < -0.3 is 24.3 Å². The Kier molecular flexibility index (Phi) is 8.03. The molecule has 2 amide bonds. The number of rotatable bonds is 8. The highest BCUT2D eigenvalue weighted by Crippen LogP contribution is 2.38. The van der Waals surface area contributed by atoms with E-state index in [-0.39, 0.29) is 18.6 Å². The van der Waals surface area contributed by atoms with Gasteiger partial charge in [-0.1, -0.05) is 37.5 Å². The lowest BCUT2D eigenvalue weighted by molar-refractivity contribution is -0.132. The van der Waals surface area contributed by atoms with Gasteiger partial charge in [-0.2, -0.15) is 0 Å². The Labute approximate surface area is 226 Å². The van der Waals surface area contributed by atoms with Crippen LogP contribution in [0.15, 0.2) is 60.0 Å². The van der Waals surface area contributed by atoms with E-state index in [9.17, 15) is 9.59 Å². The third kappa shape index (κ3) is 5.57. The van der Waals surface area contributed by atoms with E-state index in [2.05, 4.69) is 5.32 Å². The molecule has 2 heterocycles. The molecule has 38 heavy (non-hydrogen) atoms. The van der Waals surface area contributed by atoms with E-state index in [0.29, 0.717) is 28.7 Å². The molecule has 1 aliphatic heterocycles. The Bertz CT molecular complexity index is 1240. The fourth-order valence-electron chi connectivity index (χ4n) is 4.98. The van der Waals surface area contributed by atoms with Crippen LogP contribution in [0.5, 0.6) is 23.0 Å². The molecule has 0 spiro atoms. The predicted octanol–water partition coefficient (Wildman–Crippen LogP) is 5.13. The summed E-state index contributed by atoms with van der Waals surface area (Å²) in [6.07, 6.45) is 4.25. The van der Waals surface area contributed by atoms with Crippen molar-refractivity contribution in [3.05, 3.63) is 64.9 Å². The van der Waals surface area contributed by atoms with Crippen molar-refractivity contribution in [3.63, 3.8) is 0 Å². The van der Waals surface area contributed by atoms with Gasteiger partial charge in [-0.05, 0) is 36.4 Å². The molecule has 1 fully saturated rings. The van der Waals surface area contributed by atoms with Crippen LogP contribution in [0.2, 0.25) is 0 Å². The zero-order chi connectivity index (χ0) is 26.5. The molecule has 2 aromatic carbocycles. The monoisotopic (exact) mass is 536 g/mol. The highest BCUT2D eigenvalue weighted by molar-refractivity contribution is 7.10. The number of benzene rings is 2. The van der Waals surface area contributed by atoms with E-state index < -0.39 is 18.1 Å². The largest absolute Gasteiger partial charge is 0.497 e. The quantitative estimate of drug-likeness (QED) is 0.430. The zero-order valence-electron chi connectivity index (χ0n) is 21.6. The minimum Gasteiger partial charge on any atom is -0.497 e. The summed E-state index contributed by atoms with van der Waals surface area (Å²) in [5.41, 5.74) is 0.464. The molecule has 1 saturated carbocycles. The van der Waals surface area contributed by atoms with E-state index >= 15 is 0 Å². The van der Waals surface area contributed by atoms with E-state index in [1.807, 2.05) is 29.6 Å². The third-order valence-electron chi connectivity index (χ3n) is 6.91. The van der Waals surface area contributed by atoms with Gasteiger partial charge in [-0.25, -0.2) is 0 Å². The van der Waals surface area contributed by atoms with Gasteiger partial charge in [-0.3, -0.25) is 14.5 Å². The average Bonchev–Trinajstić information content (AvgIpc) is 3.49. The molecule has 9 heteroatoms. The van der Waals surface area contributed by atoms with Crippen molar-refractivity contribution in [3.8, 4) is 23.0 Å². The molecule has 2 aliphatic rings. The van der Waals surface area contributed by atoms with Crippen LogP contribution >= 0.6 is 11.3 Å². The number of carbonyl (C=O) groups is 2. The number of amides is 2. The van der Waals surface area contributed by atoms with Gasteiger partial charge in [-0.15, -0.1) is 11.3 Å². The van der Waals surface area contributed by atoms with Gasteiger partial charge in [0.2, 0.25) is 12.0 Å². The second kappa shape index (κ2) is 11.8. The van der Waals surface area contributed by atoms with E-state index in [0.717, 1.165) is 30.6 Å². The van der Waals surface area contributed by atoms with Crippen molar-refractivity contribution in [1.82, 2.24) is 5.32 Å². The predicted molar refractivity (Wildman–Crippen MR) is 145 cm³/mol. The molecule has 200 valence electrons. The first-order valence-corrected chi connectivity index (χ1v) is 13.7. The minimum absolute atomic E-state index is 0.0227. The smallest absolute Gasteiger partial charge is 0.272 e. The summed E-state index contributed by atoms with van der Waals surface area (Å²) in [5.74, 6) is 1.44. The topological polar surface area (TPSA) is 86.3 Å². The molecule has 5 rings (SSSR count). The number of anilines is 1. The maximum Gasteiger partial charge on any atom is 0.272 e. The zero-order valence-corrected chi connectivity index (χ0v) is 22.4. The van der Waals surface area contributed by atoms with Gasteiger partial charge in [0.1, 0.15) is 24.1 Å². The first-order chi connectivity index (χ1) is 18.6. The first kappa shape index (κ1) is 25.9. The van der Waals surface area contributed by atoms with E-state index in [1.54, 1.807) is 44.6 Å². The molecule has 2 unspecified atom stereocenters. The number of hydrogen-bond donors (Lipinski definition) is 1. The fourth-order valence-corrected chi connectivity index (χ4v) is 5.79. The van der Waals surface area contributed by atoms with E-state index in [4.69, 9.17) is 18.9 Å². The molecule has 0 radical (unpaired) electrons. The lowest BCUT2D eigenvalue weighted by atomic mass is 9.95. The van der Waals surface area contributed by atoms with Crippen LogP contribution in [0.4, 0.5) is 5.69 Å². The lowest BCUT2D eigenvalue weighted by Gasteiger charge is -2.36. The van der Waals surface area contributed by atoms with Gasteiger partial charge in [0.05, 0.1) is 19.9 Å². The minimum atomic E-state index is -0.952. The number of fused-ring (bicyclic) bond motifs is 1. The van der Waals surface area contributed by atoms with Crippen molar-refractivity contribution in [2.75, 3.05) is 25.7 Å². The number of nitrogens with zero attached hydrogens (tertiary/aromatic N) is 1. The molecule has 8 nitrogen and oxygen atoms in total. The van der Waals surface area contributed by atoms with Crippen LogP contribution < -0.4 is 29.2 Å². The Morgan fingerprint density at radius 2 is 1.68 bits per heavy atom. The van der Waals surface area contributed by atoms with Gasteiger partial charge in [0.25, 0.3) is 5.91 Å². The van der Waals surface area contributed by atoms with Crippen molar-refractivity contribution < 1.29 is 28.5 Å². The molecular formula is C29H32N2O6S. The second-order valence-electron chi connectivity index (χ2n) is 9.40. The lowest BCUT2D eigenvalue weighted by Crippen LogP contribution is -2.52. The van der Waals surface area contributed by atoms with E-state index in [1.165, 1.54) is 22.7 Å². The molecule has 1 aromatic heterocycles. The number of carbonyl (C=O) groups excluding carboxylic acids is 2. The summed E-state index contributed by atoms with van der Waals surface area (Å²) in [6, 6.07) is 15.3. The van der Waals surface area contributed by atoms with Crippen LogP contribution in [0.1, 0.15) is 43.0 Å². The Balaban J connectivity index is 1.56. The maximum atomic E-state index is 14.3. The summed E-state index contributed by atoms with van der Waals surface area (Å²) in [7, 11) is 3.10. The van der Waals surface area contributed by atoms with Crippen molar-refractivity contribution >= 4 is 28.8 Å². The van der Waals surface area contributed by atoms with Gasteiger partial charge in [0, 0.05) is 29.1 Å².